The van der Waals surface area contributed by atoms with Crippen LogP contribution < -0.4 is 5.32 Å². The van der Waals surface area contributed by atoms with Crippen molar-refractivity contribution in [3.05, 3.63) is 102 Å². The second-order valence-electron chi connectivity index (χ2n) is 10.4. The summed E-state index contributed by atoms with van der Waals surface area (Å²) in [7, 11) is 0. The SMILES string of the molecule is CC(C)c1c(C(=O)Nc2ccccc2)c(-c2ccccc2)c(-c2ccc(F)cc2)n1CC[C@@H](O)C[C@@H](O)CC(=O)[OH2+]. The van der Waals surface area contributed by atoms with Gasteiger partial charge in [-0.25, -0.2) is 4.39 Å². The summed E-state index contributed by atoms with van der Waals surface area (Å²) in [5.41, 5.74) is 4.83. The van der Waals surface area contributed by atoms with Crippen LogP contribution in [-0.4, -0.2) is 44.0 Å². The Labute approximate surface area is 238 Å². The van der Waals surface area contributed by atoms with Crippen molar-refractivity contribution in [1.29, 1.82) is 0 Å². The van der Waals surface area contributed by atoms with Crippen LogP contribution in [0, 0.1) is 5.82 Å². The van der Waals surface area contributed by atoms with Crippen LogP contribution in [0.1, 0.15) is 55.1 Å². The van der Waals surface area contributed by atoms with Crippen molar-refractivity contribution in [2.24, 2.45) is 0 Å². The summed E-state index contributed by atoms with van der Waals surface area (Å²) in [5.74, 6) is -1.66. The van der Waals surface area contributed by atoms with Gasteiger partial charge in [-0.15, -0.1) is 0 Å². The summed E-state index contributed by atoms with van der Waals surface area (Å²) in [6, 6.07) is 24.9. The summed E-state index contributed by atoms with van der Waals surface area (Å²) >= 11 is 0. The van der Waals surface area contributed by atoms with Crippen LogP contribution in [0.15, 0.2) is 84.9 Å². The molecule has 4 aromatic rings. The predicted octanol–water partition coefficient (Wildman–Crippen LogP) is 5.48. The molecular formula is C33H36FN2O5+. The van der Waals surface area contributed by atoms with Crippen molar-refractivity contribution in [3.8, 4) is 22.4 Å². The molecule has 0 bridgehead atoms. The van der Waals surface area contributed by atoms with E-state index >= 15 is 0 Å². The van der Waals surface area contributed by atoms with E-state index in [1.165, 1.54) is 12.1 Å². The highest BCUT2D eigenvalue weighted by atomic mass is 19.1. The van der Waals surface area contributed by atoms with Gasteiger partial charge in [0, 0.05) is 34.7 Å². The number of para-hydroxylation sites is 1. The lowest BCUT2D eigenvalue weighted by atomic mass is 9.94. The van der Waals surface area contributed by atoms with Crippen molar-refractivity contribution >= 4 is 17.6 Å². The fourth-order valence-corrected chi connectivity index (χ4v) is 5.22. The predicted molar refractivity (Wildman–Crippen MR) is 158 cm³/mol. The number of benzene rings is 3. The third-order valence-corrected chi connectivity index (χ3v) is 6.94. The summed E-state index contributed by atoms with van der Waals surface area (Å²) in [5, 5.41) is 31.0. The maximum absolute atomic E-state index is 14.1. The van der Waals surface area contributed by atoms with Gasteiger partial charge in [-0.1, -0.05) is 62.4 Å². The molecular weight excluding hydrogens is 523 g/mol. The summed E-state index contributed by atoms with van der Waals surface area (Å²) < 4.78 is 16.0. The molecule has 7 nitrogen and oxygen atoms in total. The van der Waals surface area contributed by atoms with E-state index < -0.39 is 18.2 Å². The highest BCUT2D eigenvalue weighted by molar-refractivity contribution is 6.12. The monoisotopic (exact) mass is 559 g/mol. The molecule has 0 saturated carbocycles. The highest BCUT2D eigenvalue weighted by Crippen LogP contribution is 2.42. The van der Waals surface area contributed by atoms with Gasteiger partial charge in [-0.3, -0.25) is 4.79 Å². The molecule has 0 saturated heterocycles. The van der Waals surface area contributed by atoms with E-state index in [4.69, 9.17) is 5.11 Å². The average molecular weight is 560 g/mol. The van der Waals surface area contributed by atoms with E-state index in [9.17, 15) is 24.2 Å². The van der Waals surface area contributed by atoms with E-state index in [1.807, 2.05) is 79.1 Å². The van der Waals surface area contributed by atoms with Crippen LogP contribution in [0.4, 0.5) is 10.1 Å². The number of aromatic nitrogens is 1. The van der Waals surface area contributed by atoms with Gasteiger partial charge in [0.2, 0.25) is 0 Å². The molecule has 5 N–H and O–H groups in total. The molecule has 0 spiro atoms. The Kier molecular flexibility index (Phi) is 9.70. The summed E-state index contributed by atoms with van der Waals surface area (Å²) in [6.07, 6.45) is -2.25. The number of hydrogen-bond acceptors (Lipinski definition) is 4. The van der Waals surface area contributed by atoms with Crippen molar-refractivity contribution in [2.75, 3.05) is 5.32 Å². The largest absolute Gasteiger partial charge is 0.565 e. The van der Waals surface area contributed by atoms with Gasteiger partial charge in [-0.05, 0) is 59.9 Å². The molecule has 214 valence electrons. The maximum Gasteiger partial charge on any atom is 0.518 e. The molecule has 0 aliphatic carbocycles. The molecule has 1 aromatic heterocycles. The minimum absolute atomic E-state index is 0.0539. The van der Waals surface area contributed by atoms with Gasteiger partial charge >= 0.3 is 5.97 Å². The second kappa shape index (κ2) is 13.4. The Bertz CT molecular complexity index is 1470. The molecule has 8 heteroatoms. The number of amides is 1. The minimum atomic E-state index is -1.12. The highest BCUT2D eigenvalue weighted by Gasteiger charge is 2.31. The fraction of sp³-hybridized carbons (Fsp3) is 0.273. The smallest absolute Gasteiger partial charge is 0.518 e. The van der Waals surface area contributed by atoms with E-state index in [2.05, 4.69) is 5.32 Å². The minimum Gasteiger partial charge on any atom is -0.565 e. The molecule has 0 fully saturated rings. The van der Waals surface area contributed by atoms with Gasteiger partial charge in [0.1, 0.15) is 12.2 Å². The van der Waals surface area contributed by atoms with Crippen LogP contribution in [0.2, 0.25) is 0 Å². The standard InChI is InChI=1S/C33H35FN2O5/c1-21(2)31-30(33(41)35-25-11-7-4-8-12-25)29(22-9-5-3-6-10-22)32(23-13-15-24(34)16-14-23)36(31)18-17-26(37)19-27(38)20-28(39)40/h3-16,21,26-27,37-38H,17-20H2,1-2H3,(H,35,41)(H,39,40)/p+1/t26-,27-/m1/s1. The van der Waals surface area contributed by atoms with E-state index in [0.717, 1.165) is 11.3 Å². The molecule has 1 amide bonds. The van der Waals surface area contributed by atoms with Crippen LogP contribution >= 0.6 is 0 Å². The Hall–Kier alpha value is -4.27. The quantitative estimate of drug-likeness (QED) is 0.199. The second-order valence-corrected chi connectivity index (χ2v) is 10.4. The van der Waals surface area contributed by atoms with E-state index in [0.29, 0.717) is 34.6 Å². The number of halogens is 1. The van der Waals surface area contributed by atoms with Crippen molar-refractivity contribution in [3.63, 3.8) is 0 Å². The van der Waals surface area contributed by atoms with Crippen molar-refractivity contribution in [2.45, 2.75) is 57.8 Å². The van der Waals surface area contributed by atoms with Gasteiger partial charge in [0.15, 0.2) is 0 Å². The summed E-state index contributed by atoms with van der Waals surface area (Å²) in [4.78, 5) is 25.1. The third-order valence-electron chi connectivity index (χ3n) is 6.94. The number of anilines is 1. The molecule has 0 aliphatic heterocycles. The first-order chi connectivity index (χ1) is 19.7. The first-order valence-corrected chi connectivity index (χ1v) is 13.7. The molecule has 41 heavy (non-hydrogen) atoms. The van der Waals surface area contributed by atoms with Crippen LogP contribution in [0.5, 0.6) is 0 Å². The van der Waals surface area contributed by atoms with Gasteiger partial charge in [-0.2, -0.15) is 0 Å². The number of carbonyl (C=O) groups excluding carboxylic acids is 2. The number of carbonyl (C=O) groups is 2. The Morgan fingerprint density at radius 1 is 0.878 bits per heavy atom. The molecule has 2 atom stereocenters. The zero-order valence-electron chi connectivity index (χ0n) is 23.2. The molecule has 0 radical (unpaired) electrons. The number of hydrogen-bond donors (Lipinski definition) is 3. The zero-order valence-corrected chi connectivity index (χ0v) is 23.2. The van der Waals surface area contributed by atoms with Gasteiger partial charge in [0.25, 0.3) is 5.91 Å². The van der Waals surface area contributed by atoms with Crippen LogP contribution in [0.3, 0.4) is 0 Å². The van der Waals surface area contributed by atoms with Gasteiger partial charge in [0.05, 0.1) is 23.5 Å². The average Bonchev–Trinajstić information content (AvgIpc) is 3.28. The number of aliphatic hydroxyl groups is 2. The van der Waals surface area contributed by atoms with E-state index in [-0.39, 0.29) is 36.9 Å². The Morgan fingerprint density at radius 3 is 2.07 bits per heavy atom. The normalized spacial score (nSPS) is 12.7. The lowest BCUT2D eigenvalue weighted by molar-refractivity contribution is -0.139. The Morgan fingerprint density at radius 2 is 1.49 bits per heavy atom. The van der Waals surface area contributed by atoms with Crippen molar-refractivity contribution < 1.29 is 29.3 Å². The first kappa shape index (κ1) is 29.7. The fourth-order valence-electron chi connectivity index (χ4n) is 5.22. The number of nitrogens with one attached hydrogen (secondary N) is 1. The van der Waals surface area contributed by atoms with E-state index in [1.54, 1.807) is 12.1 Å². The van der Waals surface area contributed by atoms with Crippen molar-refractivity contribution in [1.82, 2.24) is 4.57 Å². The molecule has 1 heterocycles. The number of rotatable bonds is 12. The molecule has 4 rings (SSSR count). The lowest BCUT2D eigenvalue weighted by Gasteiger charge is -2.20. The third kappa shape index (κ3) is 7.28. The molecule has 0 aliphatic rings. The Balaban J connectivity index is 1.89. The lowest BCUT2D eigenvalue weighted by Crippen LogP contribution is -2.22. The zero-order chi connectivity index (χ0) is 29.5. The number of aliphatic hydroxyl groups excluding tert-OH is 2. The van der Waals surface area contributed by atoms with Crippen LogP contribution in [-0.2, 0) is 11.3 Å². The van der Waals surface area contributed by atoms with Crippen LogP contribution in [0.25, 0.3) is 22.4 Å². The van der Waals surface area contributed by atoms with Gasteiger partial charge < -0.3 is 25.2 Å². The number of nitrogens with zero attached hydrogens (tertiary/aromatic N) is 1. The molecule has 0 unspecified atom stereocenters. The topological polar surface area (TPSA) is 114 Å². The summed E-state index contributed by atoms with van der Waals surface area (Å²) in [6.45, 7) is 4.28. The maximum atomic E-state index is 14.1. The first-order valence-electron chi connectivity index (χ1n) is 13.7. The molecule has 3 aromatic carbocycles.